The van der Waals surface area contributed by atoms with E-state index in [2.05, 4.69) is 27.8 Å². The van der Waals surface area contributed by atoms with Crippen molar-refractivity contribution < 1.29 is 4.79 Å². The first-order chi connectivity index (χ1) is 9.28. The van der Waals surface area contributed by atoms with Gasteiger partial charge < -0.3 is 10.6 Å². The minimum Gasteiger partial charge on any atom is -0.319 e. The Balaban J connectivity index is 1.90. The Morgan fingerprint density at radius 3 is 2.84 bits per heavy atom. The number of hydrogen-bond donors (Lipinski definition) is 2. The number of thiazole rings is 1. The van der Waals surface area contributed by atoms with E-state index in [9.17, 15) is 4.79 Å². The van der Waals surface area contributed by atoms with Crippen molar-refractivity contribution in [2.75, 3.05) is 18.9 Å². The molecule has 1 aromatic carbocycles. The summed E-state index contributed by atoms with van der Waals surface area (Å²) in [5, 5.41) is 6.43. The molecule has 2 N–H and O–H groups in total. The topological polar surface area (TPSA) is 54.0 Å². The number of nitrogens with one attached hydrogen (secondary N) is 2. The van der Waals surface area contributed by atoms with Crippen molar-refractivity contribution >= 4 is 22.4 Å². The van der Waals surface area contributed by atoms with Crippen LogP contribution in [0.25, 0.3) is 0 Å². The van der Waals surface area contributed by atoms with Crippen LogP contribution in [0, 0.1) is 0 Å². The van der Waals surface area contributed by atoms with Crippen molar-refractivity contribution in [1.29, 1.82) is 0 Å². The molecule has 0 aliphatic carbocycles. The quantitative estimate of drug-likeness (QED) is 0.850. The van der Waals surface area contributed by atoms with Crippen LogP contribution in [-0.2, 0) is 11.2 Å². The highest BCUT2D eigenvalue weighted by Gasteiger charge is 2.06. The summed E-state index contributed by atoms with van der Waals surface area (Å²) in [5.41, 5.74) is 1.25. The zero-order valence-corrected chi connectivity index (χ0v) is 11.7. The average molecular weight is 275 g/mol. The lowest BCUT2D eigenvalue weighted by Gasteiger charge is -2.00. The van der Waals surface area contributed by atoms with Crippen molar-refractivity contribution in [3.8, 4) is 0 Å². The molecule has 19 heavy (non-hydrogen) atoms. The number of carbonyl (C=O) groups excluding carboxylic acids is 1. The van der Waals surface area contributed by atoms with Gasteiger partial charge in [0, 0.05) is 30.5 Å². The van der Waals surface area contributed by atoms with Crippen LogP contribution in [0.5, 0.6) is 0 Å². The summed E-state index contributed by atoms with van der Waals surface area (Å²) in [5.74, 6) is -0.00467. The molecule has 2 aromatic rings. The predicted molar refractivity (Wildman–Crippen MR) is 78.5 cm³/mol. The van der Waals surface area contributed by atoms with Gasteiger partial charge in [0.05, 0.1) is 0 Å². The molecule has 2 rings (SSSR count). The van der Waals surface area contributed by atoms with E-state index >= 15 is 0 Å². The number of carbonyl (C=O) groups is 1. The highest BCUT2D eigenvalue weighted by molar-refractivity contribution is 7.15. The number of amides is 1. The van der Waals surface area contributed by atoms with Gasteiger partial charge in [0.25, 0.3) is 0 Å². The second kappa shape index (κ2) is 7.01. The van der Waals surface area contributed by atoms with Gasteiger partial charge in [0.15, 0.2) is 5.13 Å². The van der Waals surface area contributed by atoms with Crippen LogP contribution < -0.4 is 10.6 Å². The fourth-order valence-electron chi connectivity index (χ4n) is 1.66. The standard InChI is InChI=1S/C14H17N3OS/c1-15-8-7-13(18)17-14-16-10-12(19-14)9-11-5-3-2-4-6-11/h2-6,10,15H,7-9H2,1H3,(H,16,17,18). The summed E-state index contributed by atoms with van der Waals surface area (Å²) >= 11 is 1.53. The van der Waals surface area contributed by atoms with E-state index in [0.717, 1.165) is 11.3 Å². The van der Waals surface area contributed by atoms with E-state index in [1.165, 1.54) is 16.9 Å². The molecule has 100 valence electrons. The summed E-state index contributed by atoms with van der Waals surface area (Å²) in [6.07, 6.45) is 3.14. The third-order valence-corrected chi connectivity index (χ3v) is 3.54. The van der Waals surface area contributed by atoms with Gasteiger partial charge in [-0.15, -0.1) is 11.3 Å². The predicted octanol–water partition coefficient (Wildman–Crippen LogP) is 2.28. The van der Waals surface area contributed by atoms with Crippen LogP contribution >= 0.6 is 11.3 Å². The third kappa shape index (κ3) is 4.46. The number of nitrogens with zero attached hydrogens (tertiary/aromatic N) is 1. The molecule has 5 heteroatoms. The van der Waals surface area contributed by atoms with Crippen molar-refractivity contribution in [3.05, 3.63) is 47.0 Å². The van der Waals surface area contributed by atoms with Gasteiger partial charge in [-0.2, -0.15) is 0 Å². The molecule has 1 amide bonds. The Morgan fingerprint density at radius 1 is 1.32 bits per heavy atom. The van der Waals surface area contributed by atoms with Gasteiger partial charge >= 0.3 is 0 Å². The minimum atomic E-state index is -0.00467. The fraction of sp³-hybridized carbons (Fsp3) is 0.286. The number of rotatable bonds is 6. The van der Waals surface area contributed by atoms with Crippen molar-refractivity contribution in [2.24, 2.45) is 0 Å². The molecule has 1 heterocycles. The van der Waals surface area contributed by atoms with Crippen LogP contribution in [0.4, 0.5) is 5.13 Å². The number of aromatic nitrogens is 1. The molecule has 0 aliphatic rings. The van der Waals surface area contributed by atoms with Gasteiger partial charge in [-0.25, -0.2) is 4.98 Å². The monoisotopic (exact) mass is 275 g/mol. The highest BCUT2D eigenvalue weighted by atomic mass is 32.1. The lowest BCUT2D eigenvalue weighted by Crippen LogP contribution is -2.18. The number of hydrogen-bond acceptors (Lipinski definition) is 4. The molecule has 0 unspecified atom stereocenters. The summed E-state index contributed by atoms with van der Waals surface area (Å²) in [7, 11) is 1.83. The van der Waals surface area contributed by atoms with E-state index in [-0.39, 0.29) is 5.91 Å². The second-order valence-electron chi connectivity index (χ2n) is 4.20. The van der Waals surface area contributed by atoms with E-state index in [1.54, 1.807) is 0 Å². The maximum atomic E-state index is 11.6. The van der Waals surface area contributed by atoms with Gasteiger partial charge in [-0.05, 0) is 12.6 Å². The largest absolute Gasteiger partial charge is 0.319 e. The Hall–Kier alpha value is -1.72. The molecule has 0 fully saturated rings. The Bertz CT molecular complexity index is 524. The first-order valence-electron chi connectivity index (χ1n) is 6.21. The maximum absolute atomic E-state index is 11.6. The summed E-state index contributed by atoms with van der Waals surface area (Å²) in [6.45, 7) is 0.675. The van der Waals surface area contributed by atoms with Crippen molar-refractivity contribution in [2.45, 2.75) is 12.8 Å². The van der Waals surface area contributed by atoms with Gasteiger partial charge in [-0.1, -0.05) is 30.3 Å². The Labute approximate surface area is 116 Å². The molecule has 0 radical (unpaired) electrons. The smallest absolute Gasteiger partial charge is 0.227 e. The summed E-state index contributed by atoms with van der Waals surface area (Å²) in [6, 6.07) is 10.2. The van der Waals surface area contributed by atoms with Crippen LogP contribution in [0.15, 0.2) is 36.5 Å². The molecular formula is C14H17N3OS. The van der Waals surface area contributed by atoms with E-state index < -0.39 is 0 Å². The van der Waals surface area contributed by atoms with Crippen molar-refractivity contribution in [1.82, 2.24) is 10.3 Å². The molecule has 0 atom stereocenters. The zero-order chi connectivity index (χ0) is 13.5. The van der Waals surface area contributed by atoms with Gasteiger partial charge in [-0.3, -0.25) is 4.79 Å². The second-order valence-corrected chi connectivity index (χ2v) is 5.31. The van der Waals surface area contributed by atoms with E-state index in [4.69, 9.17) is 0 Å². The number of benzene rings is 1. The molecule has 0 spiro atoms. The lowest BCUT2D eigenvalue weighted by molar-refractivity contribution is -0.116. The normalized spacial score (nSPS) is 10.4. The summed E-state index contributed by atoms with van der Waals surface area (Å²) in [4.78, 5) is 16.9. The zero-order valence-electron chi connectivity index (χ0n) is 10.8. The average Bonchev–Trinajstić information content (AvgIpc) is 2.85. The first-order valence-corrected chi connectivity index (χ1v) is 7.02. The highest BCUT2D eigenvalue weighted by Crippen LogP contribution is 2.21. The third-order valence-electron chi connectivity index (χ3n) is 2.62. The maximum Gasteiger partial charge on any atom is 0.227 e. The Morgan fingerprint density at radius 2 is 2.11 bits per heavy atom. The van der Waals surface area contributed by atoms with Crippen LogP contribution in [0.3, 0.4) is 0 Å². The first kappa shape index (κ1) is 13.7. The minimum absolute atomic E-state index is 0.00467. The molecule has 0 bridgehead atoms. The van der Waals surface area contributed by atoms with Crippen LogP contribution in [0.1, 0.15) is 16.9 Å². The summed E-state index contributed by atoms with van der Waals surface area (Å²) < 4.78 is 0. The number of anilines is 1. The SMILES string of the molecule is CNCCC(=O)Nc1ncc(Cc2ccccc2)s1. The molecule has 4 nitrogen and oxygen atoms in total. The fourth-order valence-corrected chi connectivity index (χ4v) is 2.53. The van der Waals surface area contributed by atoms with Crippen LogP contribution in [0.2, 0.25) is 0 Å². The van der Waals surface area contributed by atoms with Gasteiger partial charge in [0.1, 0.15) is 0 Å². The van der Waals surface area contributed by atoms with E-state index in [1.807, 2.05) is 31.4 Å². The van der Waals surface area contributed by atoms with E-state index in [0.29, 0.717) is 18.1 Å². The van der Waals surface area contributed by atoms with Crippen molar-refractivity contribution in [3.63, 3.8) is 0 Å². The van der Waals surface area contributed by atoms with Gasteiger partial charge in [0.2, 0.25) is 5.91 Å². The van der Waals surface area contributed by atoms with Crippen LogP contribution in [-0.4, -0.2) is 24.5 Å². The Kier molecular flexibility index (Phi) is 5.06. The molecular weight excluding hydrogens is 258 g/mol. The molecule has 0 aliphatic heterocycles. The molecule has 0 saturated heterocycles. The molecule has 1 aromatic heterocycles. The lowest BCUT2D eigenvalue weighted by atomic mass is 10.1. The molecule has 0 saturated carbocycles.